The van der Waals surface area contributed by atoms with E-state index >= 15 is 0 Å². The SMILES string of the molecule is O=C1/C(=C/c2ccc(-c3cccc([N+](=O)[O-])c3)o2)SC(=Nc2ccccc2)N1C1CCCCC1. The summed E-state index contributed by atoms with van der Waals surface area (Å²) in [5.74, 6) is 0.968. The zero-order valence-electron chi connectivity index (χ0n) is 18.4. The number of carbonyl (C=O) groups is 1. The number of nitrogens with zero attached hydrogens (tertiary/aromatic N) is 3. The predicted molar refractivity (Wildman–Crippen MR) is 134 cm³/mol. The Bertz CT molecular complexity index is 1280. The number of rotatable bonds is 5. The number of nitro groups is 1. The number of benzene rings is 2. The highest BCUT2D eigenvalue weighted by atomic mass is 32.2. The molecular weight excluding hydrogens is 450 g/mol. The molecule has 3 aromatic rings. The van der Waals surface area contributed by atoms with Gasteiger partial charge in [-0.15, -0.1) is 0 Å². The van der Waals surface area contributed by atoms with E-state index in [0.717, 1.165) is 31.4 Å². The summed E-state index contributed by atoms with van der Waals surface area (Å²) >= 11 is 1.36. The van der Waals surface area contributed by atoms with Crippen molar-refractivity contribution in [2.75, 3.05) is 0 Å². The lowest BCUT2D eigenvalue weighted by Gasteiger charge is -2.30. The first-order valence-corrected chi connectivity index (χ1v) is 12.1. The van der Waals surface area contributed by atoms with Crippen molar-refractivity contribution in [1.82, 2.24) is 4.90 Å². The van der Waals surface area contributed by atoms with E-state index in [1.807, 2.05) is 35.2 Å². The van der Waals surface area contributed by atoms with Crippen LogP contribution in [0, 0.1) is 10.1 Å². The molecular formula is C26H23N3O4S. The quantitative estimate of drug-likeness (QED) is 0.231. The van der Waals surface area contributed by atoms with Crippen molar-refractivity contribution in [3.63, 3.8) is 0 Å². The number of carbonyl (C=O) groups excluding carboxylic acids is 1. The maximum absolute atomic E-state index is 13.4. The third-order valence-electron chi connectivity index (χ3n) is 6.00. The molecule has 2 heterocycles. The molecule has 0 N–H and O–H groups in total. The first-order valence-electron chi connectivity index (χ1n) is 11.3. The zero-order chi connectivity index (χ0) is 23.5. The van der Waals surface area contributed by atoms with E-state index < -0.39 is 4.92 Å². The molecule has 1 aliphatic heterocycles. The summed E-state index contributed by atoms with van der Waals surface area (Å²) in [7, 11) is 0. The van der Waals surface area contributed by atoms with E-state index in [2.05, 4.69) is 0 Å². The number of para-hydroxylation sites is 1. The van der Waals surface area contributed by atoms with Crippen LogP contribution in [0.15, 0.2) is 81.0 Å². The van der Waals surface area contributed by atoms with Crippen LogP contribution < -0.4 is 0 Å². The van der Waals surface area contributed by atoms with Gasteiger partial charge in [0.1, 0.15) is 11.5 Å². The molecule has 0 atom stereocenters. The second-order valence-corrected chi connectivity index (χ2v) is 9.33. The lowest BCUT2D eigenvalue weighted by Crippen LogP contribution is -2.40. The fourth-order valence-corrected chi connectivity index (χ4v) is 5.37. The molecule has 0 radical (unpaired) electrons. The first kappa shape index (κ1) is 22.2. The Morgan fingerprint density at radius 2 is 1.82 bits per heavy atom. The smallest absolute Gasteiger partial charge is 0.270 e. The van der Waals surface area contributed by atoms with E-state index in [1.165, 1.54) is 30.3 Å². The van der Waals surface area contributed by atoms with Gasteiger partial charge in [0.2, 0.25) is 0 Å². The van der Waals surface area contributed by atoms with E-state index in [1.54, 1.807) is 30.3 Å². The minimum atomic E-state index is -0.434. The molecule has 1 saturated heterocycles. The van der Waals surface area contributed by atoms with Gasteiger partial charge in [-0.3, -0.25) is 19.8 Å². The molecule has 1 aromatic heterocycles. The molecule has 0 unspecified atom stereocenters. The number of aliphatic imine (C=N–C) groups is 1. The summed E-state index contributed by atoms with van der Waals surface area (Å²) in [6.45, 7) is 0. The topological polar surface area (TPSA) is 88.9 Å². The van der Waals surface area contributed by atoms with Gasteiger partial charge >= 0.3 is 0 Å². The van der Waals surface area contributed by atoms with Gasteiger partial charge in [0.05, 0.1) is 15.5 Å². The van der Waals surface area contributed by atoms with Crippen LogP contribution in [0.1, 0.15) is 37.9 Å². The summed E-state index contributed by atoms with van der Waals surface area (Å²) < 4.78 is 5.93. The van der Waals surface area contributed by atoms with E-state index in [9.17, 15) is 14.9 Å². The molecule has 2 fully saturated rings. The molecule has 5 rings (SSSR count). The van der Waals surface area contributed by atoms with Gasteiger partial charge in [-0.25, -0.2) is 4.99 Å². The molecule has 7 nitrogen and oxygen atoms in total. The molecule has 1 aliphatic carbocycles. The number of thioether (sulfide) groups is 1. The minimum Gasteiger partial charge on any atom is -0.457 e. The average molecular weight is 474 g/mol. The highest BCUT2D eigenvalue weighted by Crippen LogP contribution is 2.39. The number of hydrogen-bond acceptors (Lipinski definition) is 6. The Morgan fingerprint density at radius 1 is 1.03 bits per heavy atom. The van der Waals surface area contributed by atoms with Gasteiger partial charge in [-0.1, -0.05) is 49.6 Å². The Kier molecular flexibility index (Phi) is 6.31. The molecule has 1 amide bonds. The van der Waals surface area contributed by atoms with Gasteiger partial charge in [-0.2, -0.15) is 0 Å². The normalized spacial score (nSPS) is 19.3. The van der Waals surface area contributed by atoms with E-state index in [0.29, 0.717) is 27.2 Å². The van der Waals surface area contributed by atoms with Crippen molar-refractivity contribution < 1.29 is 14.1 Å². The van der Waals surface area contributed by atoms with Gasteiger partial charge in [0.25, 0.3) is 11.6 Å². The molecule has 2 aliphatic rings. The molecule has 34 heavy (non-hydrogen) atoms. The van der Waals surface area contributed by atoms with E-state index in [4.69, 9.17) is 9.41 Å². The number of hydrogen-bond donors (Lipinski definition) is 0. The third-order valence-corrected chi connectivity index (χ3v) is 6.98. The second-order valence-electron chi connectivity index (χ2n) is 8.32. The van der Waals surface area contributed by atoms with Gasteiger partial charge in [-0.05, 0) is 48.9 Å². The Balaban J connectivity index is 1.45. The number of amidine groups is 1. The number of non-ortho nitro benzene ring substituents is 1. The maximum Gasteiger partial charge on any atom is 0.270 e. The van der Waals surface area contributed by atoms with Crippen molar-refractivity contribution in [3.05, 3.63) is 87.5 Å². The van der Waals surface area contributed by atoms with Crippen LogP contribution >= 0.6 is 11.8 Å². The number of nitro benzene ring substituents is 1. The van der Waals surface area contributed by atoms with Crippen LogP contribution in [0.3, 0.4) is 0 Å². The number of amides is 1. The second kappa shape index (κ2) is 9.69. The Labute approximate surface area is 201 Å². The van der Waals surface area contributed by atoms with Crippen LogP contribution in [0.5, 0.6) is 0 Å². The predicted octanol–water partition coefficient (Wildman–Crippen LogP) is 6.79. The fourth-order valence-electron chi connectivity index (χ4n) is 4.33. The largest absolute Gasteiger partial charge is 0.457 e. The highest BCUT2D eigenvalue weighted by molar-refractivity contribution is 8.18. The monoisotopic (exact) mass is 473 g/mol. The molecule has 0 spiro atoms. The summed E-state index contributed by atoms with van der Waals surface area (Å²) in [4.78, 5) is 31.3. The molecule has 0 bridgehead atoms. The van der Waals surface area contributed by atoms with Crippen molar-refractivity contribution in [3.8, 4) is 11.3 Å². The zero-order valence-corrected chi connectivity index (χ0v) is 19.2. The van der Waals surface area contributed by atoms with E-state index in [-0.39, 0.29) is 17.6 Å². The molecule has 172 valence electrons. The van der Waals surface area contributed by atoms with Crippen LogP contribution in [0.25, 0.3) is 17.4 Å². The van der Waals surface area contributed by atoms with Gasteiger partial charge in [0.15, 0.2) is 5.17 Å². The highest BCUT2D eigenvalue weighted by Gasteiger charge is 2.38. The van der Waals surface area contributed by atoms with Gasteiger partial charge in [0, 0.05) is 29.8 Å². The maximum atomic E-state index is 13.4. The number of furan rings is 1. The van der Waals surface area contributed by atoms with Crippen molar-refractivity contribution in [2.24, 2.45) is 4.99 Å². The lowest BCUT2D eigenvalue weighted by molar-refractivity contribution is -0.384. The standard InChI is InChI=1S/C26H23N3O4S/c30-25-24(17-22-14-15-23(33-22)18-8-7-13-21(16-18)29(31)32)34-26(27-19-9-3-1-4-10-19)28(25)20-11-5-2-6-12-20/h1,3-4,7-10,13-17,20H,2,5-6,11-12H2/b24-17-,27-26?. The van der Waals surface area contributed by atoms with Crippen LogP contribution in [0.2, 0.25) is 0 Å². The molecule has 2 aromatic carbocycles. The summed E-state index contributed by atoms with van der Waals surface area (Å²) in [6, 6.07) is 19.6. The van der Waals surface area contributed by atoms with Crippen LogP contribution in [0.4, 0.5) is 11.4 Å². The summed E-state index contributed by atoms with van der Waals surface area (Å²) in [6.07, 6.45) is 7.11. The van der Waals surface area contributed by atoms with Crippen molar-refractivity contribution in [2.45, 2.75) is 38.1 Å². The van der Waals surface area contributed by atoms with Gasteiger partial charge < -0.3 is 4.42 Å². The summed E-state index contributed by atoms with van der Waals surface area (Å²) in [5.41, 5.74) is 1.42. The first-order chi connectivity index (χ1) is 16.6. The molecule has 8 heteroatoms. The molecule has 1 saturated carbocycles. The third kappa shape index (κ3) is 4.68. The lowest BCUT2D eigenvalue weighted by atomic mass is 9.94. The summed E-state index contributed by atoms with van der Waals surface area (Å²) in [5, 5.41) is 11.8. The fraction of sp³-hybridized carbons (Fsp3) is 0.231. The van der Waals surface area contributed by atoms with Crippen molar-refractivity contribution in [1.29, 1.82) is 0 Å². The van der Waals surface area contributed by atoms with Crippen LogP contribution in [-0.2, 0) is 4.79 Å². The Morgan fingerprint density at radius 3 is 2.59 bits per heavy atom. The van der Waals surface area contributed by atoms with Crippen molar-refractivity contribution >= 4 is 40.3 Å². The Hall–Kier alpha value is -3.65. The van der Waals surface area contributed by atoms with Crippen LogP contribution in [-0.4, -0.2) is 26.9 Å². The minimum absolute atomic E-state index is 0.000204. The average Bonchev–Trinajstić information content (AvgIpc) is 3.45.